The van der Waals surface area contributed by atoms with E-state index in [0.29, 0.717) is 24.1 Å². The Morgan fingerprint density at radius 3 is 2.46 bits per heavy atom. The summed E-state index contributed by atoms with van der Waals surface area (Å²) in [6.07, 6.45) is -1.34. The number of nitrogens with two attached hydrogens (primary N) is 2. The van der Waals surface area contributed by atoms with Gasteiger partial charge < -0.3 is 27.0 Å². The number of rotatable bonds is 7. The number of carbonyl (C=O) groups is 2. The standard InChI is InChI=1S/C28H31F3N6O2/c1-19-3-4-22(15-21(19)5-6-24(32)7-8-26(33)34-18-38)27(39)35-25-14-20(13-23(16-25)28(29,30)31)17-37-11-9-36(2)10-12-37/h3-4,7-8,13-16,18H,9-12,17,32-33H2,1-2H3,(H,34,38)(H,35,39)/b24-7-,26-8+. The van der Waals surface area contributed by atoms with Crippen LogP contribution in [0.3, 0.4) is 0 Å². The molecule has 0 saturated carbocycles. The van der Waals surface area contributed by atoms with Crippen molar-refractivity contribution in [3.8, 4) is 11.8 Å². The van der Waals surface area contributed by atoms with E-state index in [-0.39, 0.29) is 22.8 Å². The number of anilines is 1. The van der Waals surface area contributed by atoms with E-state index in [2.05, 4.69) is 32.3 Å². The molecule has 1 heterocycles. The average Bonchev–Trinajstić information content (AvgIpc) is 2.88. The molecule has 2 aromatic carbocycles. The molecule has 2 aromatic rings. The molecule has 1 saturated heterocycles. The highest BCUT2D eigenvalue weighted by Crippen LogP contribution is 2.32. The van der Waals surface area contributed by atoms with E-state index in [4.69, 9.17) is 11.5 Å². The van der Waals surface area contributed by atoms with Crippen molar-refractivity contribution >= 4 is 18.0 Å². The summed E-state index contributed by atoms with van der Waals surface area (Å²) in [4.78, 5) is 27.6. The van der Waals surface area contributed by atoms with Crippen LogP contribution in [0.2, 0.25) is 0 Å². The maximum Gasteiger partial charge on any atom is 0.416 e. The average molecular weight is 541 g/mol. The molecule has 1 aliphatic heterocycles. The van der Waals surface area contributed by atoms with E-state index in [1.165, 1.54) is 12.2 Å². The fraction of sp³-hybridized carbons (Fsp3) is 0.286. The SMILES string of the molecule is Cc1ccc(C(=O)Nc2cc(CN3CCN(C)CC3)cc(C(F)(F)F)c2)cc1C#C/C(N)=C/C=C(\N)NC=O. The number of hydrogen-bond donors (Lipinski definition) is 4. The number of amides is 2. The number of likely N-dealkylation sites (N-methyl/N-ethyl adjacent to an activating group) is 1. The van der Waals surface area contributed by atoms with Gasteiger partial charge in [-0.15, -0.1) is 0 Å². The highest BCUT2D eigenvalue weighted by Gasteiger charge is 2.31. The first-order valence-corrected chi connectivity index (χ1v) is 12.1. The van der Waals surface area contributed by atoms with Crippen LogP contribution in [-0.4, -0.2) is 55.3 Å². The number of hydrogen-bond acceptors (Lipinski definition) is 6. The first-order chi connectivity index (χ1) is 18.4. The lowest BCUT2D eigenvalue weighted by Gasteiger charge is -2.32. The van der Waals surface area contributed by atoms with Crippen molar-refractivity contribution in [1.29, 1.82) is 0 Å². The number of aryl methyl sites for hydroxylation is 1. The van der Waals surface area contributed by atoms with Gasteiger partial charge in [0.05, 0.1) is 11.3 Å². The number of nitrogens with one attached hydrogen (secondary N) is 2. The Morgan fingerprint density at radius 2 is 1.79 bits per heavy atom. The molecule has 0 bridgehead atoms. The van der Waals surface area contributed by atoms with Gasteiger partial charge in [-0.1, -0.05) is 12.0 Å². The molecule has 39 heavy (non-hydrogen) atoms. The molecule has 2 amide bonds. The van der Waals surface area contributed by atoms with Crippen LogP contribution in [0.15, 0.2) is 60.1 Å². The van der Waals surface area contributed by atoms with Crippen molar-refractivity contribution in [1.82, 2.24) is 15.1 Å². The molecule has 3 rings (SSSR count). The lowest BCUT2D eigenvalue weighted by molar-refractivity contribution is -0.137. The van der Waals surface area contributed by atoms with Crippen molar-refractivity contribution in [2.24, 2.45) is 11.5 Å². The highest BCUT2D eigenvalue weighted by molar-refractivity contribution is 6.04. The Labute approximate surface area is 225 Å². The monoisotopic (exact) mass is 540 g/mol. The summed E-state index contributed by atoms with van der Waals surface area (Å²) in [6.45, 7) is 5.33. The summed E-state index contributed by atoms with van der Waals surface area (Å²) in [6, 6.07) is 8.44. The first kappa shape index (κ1) is 29.3. The molecule has 0 radical (unpaired) electrons. The van der Waals surface area contributed by atoms with Gasteiger partial charge in [0, 0.05) is 49.5 Å². The molecule has 6 N–H and O–H groups in total. The lowest BCUT2D eigenvalue weighted by Crippen LogP contribution is -2.43. The Morgan fingerprint density at radius 1 is 1.08 bits per heavy atom. The fourth-order valence-corrected chi connectivity index (χ4v) is 3.86. The van der Waals surface area contributed by atoms with Crippen molar-refractivity contribution in [3.05, 3.63) is 87.9 Å². The van der Waals surface area contributed by atoms with E-state index in [1.54, 1.807) is 31.2 Å². The Kier molecular flexibility index (Phi) is 9.76. The second-order valence-electron chi connectivity index (χ2n) is 9.24. The van der Waals surface area contributed by atoms with Crippen LogP contribution >= 0.6 is 0 Å². The number of nitrogens with zero attached hydrogens (tertiary/aromatic N) is 2. The van der Waals surface area contributed by atoms with E-state index in [0.717, 1.165) is 43.9 Å². The molecule has 0 spiro atoms. The third kappa shape index (κ3) is 8.91. The summed E-state index contributed by atoms with van der Waals surface area (Å²) >= 11 is 0. The molecule has 0 aliphatic carbocycles. The minimum atomic E-state index is -4.55. The second-order valence-corrected chi connectivity index (χ2v) is 9.24. The number of halogens is 3. The van der Waals surface area contributed by atoms with Gasteiger partial charge in [0.25, 0.3) is 5.91 Å². The molecular weight excluding hydrogens is 509 g/mol. The third-order valence-corrected chi connectivity index (χ3v) is 6.09. The minimum absolute atomic E-state index is 0.0626. The van der Waals surface area contributed by atoms with E-state index < -0.39 is 17.6 Å². The minimum Gasteiger partial charge on any atom is -0.392 e. The van der Waals surface area contributed by atoms with Crippen molar-refractivity contribution in [2.45, 2.75) is 19.6 Å². The van der Waals surface area contributed by atoms with Crippen molar-refractivity contribution in [2.75, 3.05) is 38.5 Å². The van der Waals surface area contributed by atoms with Gasteiger partial charge in [-0.2, -0.15) is 13.2 Å². The molecule has 0 atom stereocenters. The molecule has 11 heteroatoms. The molecule has 1 aliphatic rings. The predicted octanol–water partition coefficient (Wildman–Crippen LogP) is 2.75. The van der Waals surface area contributed by atoms with Crippen LogP contribution in [0.1, 0.15) is 32.6 Å². The predicted molar refractivity (Wildman–Crippen MR) is 144 cm³/mol. The smallest absolute Gasteiger partial charge is 0.392 e. The van der Waals surface area contributed by atoms with Crippen LogP contribution in [0.4, 0.5) is 18.9 Å². The molecule has 8 nitrogen and oxygen atoms in total. The number of carbonyl (C=O) groups excluding carboxylic acids is 2. The van der Waals surface area contributed by atoms with E-state index in [1.807, 2.05) is 7.05 Å². The zero-order chi connectivity index (χ0) is 28.6. The van der Waals surface area contributed by atoms with Crippen LogP contribution < -0.4 is 22.1 Å². The first-order valence-electron chi connectivity index (χ1n) is 12.1. The van der Waals surface area contributed by atoms with Gasteiger partial charge in [0.15, 0.2) is 0 Å². The molecule has 0 aromatic heterocycles. The number of piperazine rings is 1. The summed E-state index contributed by atoms with van der Waals surface area (Å²) in [5.41, 5.74) is 12.8. The summed E-state index contributed by atoms with van der Waals surface area (Å²) in [5.74, 6) is 5.13. The topological polar surface area (TPSA) is 117 Å². The molecular formula is C28H31F3N6O2. The van der Waals surface area contributed by atoms with Crippen molar-refractivity contribution in [3.63, 3.8) is 0 Å². The Balaban J connectivity index is 1.81. The Hall–Kier alpha value is -4.27. The number of benzene rings is 2. The maximum absolute atomic E-state index is 13.6. The van der Waals surface area contributed by atoms with E-state index in [9.17, 15) is 22.8 Å². The van der Waals surface area contributed by atoms with Gasteiger partial charge in [-0.05, 0) is 73.5 Å². The van der Waals surface area contributed by atoms with Crippen molar-refractivity contribution < 1.29 is 22.8 Å². The van der Waals surface area contributed by atoms with Gasteiger partial charge >= 0.3 is 6.18 Å². The van der Waals surface area contributed by atoms with Gasteiger partial charge in [-0.3, -0.25) is 14.5 Å². The third-order valence-electron chi connectivity index (χ3n) is 6.09. The normalized spacial score (nSPS) is 15.3. The largest absolute Gasteiger partial charge is 0.416 e. The highest BCUT2D eigenvalue weighted by atomic mass is 19.4. The fourth-order valence-electron chi connectivity index (χ4n) is 3.86. The van der Waals surface area contributed by atoms with E-state index >= 15 is 0 Å². The zero-order valence-electron chi connectivity index (χ0n) is 21.7. The van der Waals surface area contributed by atoms with Gasteiger partial charge in [0.1, 0.15) is 5.82 Å². The summed E-state index contributed by atoms with van der Waals surface area (Å²) in [7, 11) is 2.01. The Bertz CT molecular complexity index is 1330. The van der Waals surface area contributed by atoms with Crippen LogP contribution in [0.25, 0.3) is 0 Å². The van der Waals surface area contributed by atoms with Gasteiger partial charge in [-0.25, -0.2) is 0 Å². The lowest BCUT2D eigenvalue weighted by atomic mass is 10.0. The number of alkyl halides is 3. The van der Waals surface area contributed by atoms with Crippen LogP contribution in [-0.2, 0) is 17.5 Å². The van der Waals surface area contributed by atoms with Gasteiger partial charge in [0.2, 0.25) is 6.41 Å². The maximum atomic E-state index is 13.6. The zero-order valence-corrected chi connectivity index (χ0v) is 21.7. The molecule has 0 unspecified atom stereocenters. The second kappa shape index (κ2) is 13.0. The number of allylic oxidation sites excluding steroid dienone is 3. The molecule has 206 valence electrons. The summed E-state index contributed by atoms with van der Waals surface area (Å²) in [5, 5.41) is 4.86. The quantitative estimate of drug-likeness (QED) is 0.244. The summed E-state index contributed by atoms with van der Waals surface area (Å²) < 4.78 is 40.9. The van der Waals surface area contributed by atoms with Crippen LogP contribution in [0, 0.1) is 18.8 Å². The molecule has 1 fully saturated rings. The van der Waals surface area contributed by atoms with Crippen LogP contribution in [0.5, 0.6) is 0 Å².